The van der Waals surface area contributed by atoms with Gasteiger partial charge in [0.15, 0.2) is 17.5 Å². The number of nitrogens with zero attached hydrogens (tertiary/aromatic N) is 3. The maximum absolute atomic E-state index is 11.1. The van der Waals surface area contributed by atoms with Gasteiger partial charge in [-0.25, -0.2) is 15.0 Å². The summed E-state index contributed by atoms with van der Waals surface area (Å²) in [7, 11) is 1.61. The van der Waals surface area contributed by atoms with E-state index in [0.29, 0.717) is 34.2 Å². The molecular formula is C38H49N3O5. The van der Waals surface area contributed by atoms with Crippen molar-refractivity contribution in [2.75, 3.05) is 7.11 Å². The predicted octanol–water partition coefficient (Wildman–Crippen LogP) is 9.77. The zero-order valence-electron chi connectivity index (χ0n) is 28.0. The lowest BCUT2D eigenvalue weighted by Crippen LogP contribution is -2.15. The number of aromatic hydroxyl groups is 2. The summed E-state index contributed by atoms with van der Waals surface area (Å²) in [6, 6.07) is 17.8. The van der Waals surface area contributed by atoms with Gasteiger partial charge < -0.3 is 24.4 Å². The van der Waals surface area contributed by atoms with E-state index in [1.807, 2.05) is 36.4 Å². The maximum atomic E-state index is 11.1. The predicted molar refractivity (Wildman–Crippen MR) is 184 cm³/mol. The molecule has 4 rings (SSSR count). The SMILES string of the molecule is CCCCCC(CC)Oc1ccc(-c2nc(-c3ccc(OC)cc3)nc(-c3ccc(O[C@@H](CC)CCCCC)cc3O)n2)c(O)c1. The van der Waals surface area contributed by atoms with Crippen LogP contribution in [0.25, 0.3) is 34.2 Å². The molecule has 3 aromatic carbocycles. The Hall–Kier alpha value is -4.33. The van der Waals surface area contributed by atoms with Crippen molar-refractivity contribution >= 4 is 0 Å². The molecule has 2 N–H and O–H groups in total. The molecule has 0 spiro atoms. The highest BCUT2D eigenvalue weighted by molar-refractivity contribution is 5.73. The molecule has 1 unspecified atom stereocenters. The van der Waals surface area contributed by atoms with E-state index in [1.165, 1.54) is 12.8 Å². The molecular weight excluding hydrogens is 578 g/mol. The molecule has 2 atom stereocenters. The molecule has 0 aliphatic carbocycles. The van der Waals surface area contributed by atoms with Crippen molar-refractivity contribution in [1.29, 1.82) is 0 Å². The number of rotatable bonds is 18. The van der Waals surface area contributed by atoms with Crippen LogP contribution in [0.2, 0.25) is 0 Å². The van der Waals surface area contributed by atoms with Gasteiger partial charge in [-0.1, -0.05) is 53.4 Å². The minimum absolute atomic E-state index is 0.000363. The van der Waals surface area contributed by atoms with Crippen LogP contribution in [0.15, 0.2) is 60.7 Å². The van der Waals surface area contributed by atoms with Crippen molar-refractivity contribution in [1.82, 2.24) is 15.0 Å². The molecule has 0 fully saturated rings. The fraction of sp³-hybridized carbons (Fsp3) is 0.447. The fourth-order valence-electron chi connectivity index (χ4n) is 5.36. The van der Waals surface area contributed by atoms with Crippen LogP contribution in [0.4, 0.5) is 0 Å². The number of unbranched alkanes of at least 4 members (excludes halogenated alkanes) is 4. The third-order valence-corrected chi connectivity index (χ3v) is 8.18. The summed E-state index contributed by atoms with van der Waals surface area (Å²) >= 11 is 0. The molecule has 46 heavy (non-hydrogen) atoms. The Morgan fingerprint density at radius 1 is 0.565 bits per heavy atom. The van der Waals surface area contributed by atoms with Gasteiger partial charge in [0, 0.05) is 17.7 Å². The Kier molecular flexibility index (Phi) is 13.1. The molecule has 0 saturated heterocycles. The molecule has 4 aromatic rings. The zero-order valence-corrected chi connectivity index (χ0v) is 28.0. The molecule has 0 aliphatic rings. The van der Waals surface area contributed by atoms with E-state index in [0.717, 1.165) is 56.9 Å². The van der Waals surface area contributed by atoms with Gasteiger partial charge in [0.05, 0.1) is 30.4 Å². The van der Waals surface area contributed by atoms with E-state index in [2.05, 4.69) is 27.7 Å². The second kappa shape index (κ2) is 17.4. The number of phenolic OH excluding ortho intramolecular Hbond substituents is 2. The normalized spacial score (nSPS) is 12.5. The van der Waals surface area contributed by atoms with Gasteiger partial charge in [-0.2, -0.15) is 0 Å². The molecule has 8 nitrogen and oxygen atoms in total. The summed E-state index contributed by atoms with van der Waals surface area (Å²) in [4.78, 5) is 14.2. The van der Waals surface area contributed by atoms with Gasteiger partial charge in [0.1, 0.15) is 28.7 Å². The van der Waals surface area contributed by atoms with Crippen molar-refractivity contribution in [3.8, 4) is 62.9 Å². The minimum atomic E-state index is 0.000363. The Bertz CT molecular complexity index is 1440. The van der Waals surface area contributed by atoms with E-state index in [9.17, 15) is 10.2 Å². The zero-order chi connectivity index (χ0) is 32.9. The fourth-order valence-corrected chi connectivity index (χ4v) is 5.36. The number of phenols is 2. The molecule has 0 saturated carbocycles. The average Bonchev–Trinajstić information content (AvgIpc) is 3.07. The number of methoxy groups -OCH3 is 1. The van der Waals surface area contributed by atoms with E-state index in [1.54, 1.807) is 31.4 Å². The highest BCUT2D eigenvalue weighted by Crippen LogP contribution is 2.36. The first-order chi connectivity index (χ1) is 22.4. The quantitative estimate of drug-likeness (QED) is 0.105. The largest absolute Gasteiger partial charge is 0.507 e. The number of aromatic nitrogens is 3. The molecule has 0 radical (unpaired) electrons. The van der Waals surface area contributed by atoms with E-state index in [-0.39, 0.29) is 35.4 Å². The standard InChI is InChI=1S/C38H49N3O5/c1-6-10-12-14-27(8-3)45-30-20-22-32(34(42)24-30)37-39-36(26-16-18-29(44-5)19-17-26)40-38(41-37)33-23-21-31(25-35(33)43)46-28(9-4)15-13-11-7-2/h16-25,27-28,42-43H,6-15H2,1-5H3/t27-,28?/m0/s1. The average molecular weight is 628 g/mol. The third kappa shape index (κ3) is 9.35. The summed E-state index contributed by atoms with van der Waals surface area (Å²) in [6.45, 7) is 8.60. The minimum Gasteiger partial charge on any atom is -0.507 e. The van der Waals surface area contributed by atoms with Gasteiger partial charge in [-0.3, -0.25) is 0 Å². The summed E-state index contributed by atoms with van der Waals surface area (Å²) in [5.41, 5.74) is 1.60. The second-order valence-corrected chi connectivity index (χ2v) is 11.7. The first kappa shape index (κ1) is 34.5. The van der Waals surface area contributed by atoms with E-state index in [4.69, 9.17) is 29.2 Å². The van der Waals surface area contributed by atoms with Gasteiger partial charge in [0.2, 0.25) is 0 Å². The van der Waals surface area contributed by atoms with E-state index < -0.39 is 0 Å². The van der Waals surface area contributed by atoms with Crippen molar-refractivity contribution in [2.45, 2.75) is 104 Å². The first-order valence-electron chi connectivity index (χ1n) is 16.8. The van der Waals surface area contributed by atoms with Crippen molar-refractivity contribution in [3.63, 3.8) is 0 Å². The van der Waals surface area contributed by atoms with Gasteiger partial charge in [-0.05, 0) is 87.1 Å². The third-order valence-electron chi connectivity index (χ3n) is 8.18. The lowest BCUT2D eigenvalue weighted by Gasteiger charge is -2.18. The lowest BCUT2D eigenvalue weighted by molar-refractivity contribution is 0.182. The van der Waals surface area contributed by atoms with Crippen LogP contribution in [-0.2, 0) is 0 Å². The number of hydrogen-bond donors (Lipinski definition) is 2. The van der Waals surface area contributed by atoms with E-state index >= 15 is 0 Å². The monoisotopic (exact) mass is 627 g/mol. The summed E-state index contributed by atoms with van der Waals surface area (Å²) in [5, 5.41) is 22.3. The van der Waals surface area contributed by atoms with Crippen LogP contribution < -0.4 is 14.2 Å². The second-order valence-electron chi connectivity index (χ2n) is 11.7. The van der Waals surface area contributed by atoms with Gasteiger partial charge >= 0.3 is 0 Å². The molecule has 0 bridgehead atoms. The molecule has 246 valence electrons. The molecule has 1 heterocycles. The maximum Gasteiger partial charge on any atom is 0.167 e. The Morgan fingerprint density at radius 2 is 1.00 bits per heavy atom. The molecule has 0 aliphatic heterocycles. The molecule has 0 amide bonds. The summed E-state index contributed by atoms with van der Waals surface area (Å²) in [5.74, 6) is 2.85. The summed E-state index contributed by atoms with van der Waals surface area (Å²) < 4.78 is 17.7. The number of ether oxygens (including phenoxy) is 3. The highest BCUT2D eigenvalue weighted by Gasteiger charge is 2.19. The summed E-state index contributed by atoms with van der Waals surface area (Å²) in [6.07, 6.45) is 10.8. The van der Waals surface area contributed by atoms with Crippen LogP contribution in [0.1, 0.15) is 91.9 Å². The Labute approximate surface area is 273 Å². The van der Waals surface area contributed by atoms with Crippen molar-refractivity contribution < 1.29 is 24.4 Å². The first-order valence-corrected chi connectivity index (χ1v) is 16.8. The number of benzene rings is 3. The topological polar surface area (TPSA) is 107 Å². The van der Waals surface area contributed by atoms with Crippen LogP contribution in [0.5, 0.6) is 28.7 Å². The lowest BCUT2D eigenvalue weighted by atomic mass is 10.1. The molecule has 1 aromatic heterocycles. The van der Waals surface area contributed by atoms with Crippen LogP contribution in [0, 0.1) is 0 Å². The van der Waals surface area contributed by atoms with Gasteiger partial charge in [-0.15, -0.1) is 0 Å². The smallest absolute Gasteiger partial charge is 0.167 e. The highest BCUT2D eigenvalue weighted by atomic mass is 16.5. The Balaban J connectivity index is 1.68. The molecule has 8 heteroatoms. The van der Waals surface area contributed by atoms with Gasteiger partial charge in [0.25, 0.3) is 0 Å². The van der Waals surface area contributed by atoms with Crippen molar-refractivity contribution in [2.24, 2.45) is 0 Å². The van der Waals surface area contributed by atoms with Crippen LogP contribution in [0.3, 0.4) is 0 Å². The van der Waals surface area contributed by atoms with Crippen molar-refractivity contribution in [3.05, 3.63) is 60.7 Å². The van der Waals surface area contributed by atoms with Crippen LogP contribution >= 0.6 is 0 Å². The Morgan fingerprint density at radius 3 is 1.39 bits per heavy atom. The number of hydrogen-bond acceptors (Lipinski definition) is 8. The van der Waals surface area contributed by atoms with Crippen LogP contribution in [-0.4, -0.2) is 44.5 Å².